The summed E-state index contributed by atoms with van der Waals surface area (Å²) in [5.41, 5.74) is 1.18. The van der Waals surface area contributed by atoms with Crippen LogP contribution < -0.4 is 16.0 Å². The highest BCUT2D eigenvalue weighted by molar-refractivity contribution is 14.0. The summed E-state index contributed by atoms with van der Waals surface area (Å²) in [7, 11) is 3.72. The van der Waals surface area contributed by atoms with E-state index in [0.29, 0.717) is 25.2 Å². The van der Waals surface area contributed by atoms with Crippen LogP contribution in [0.2, 0.25) is 0 Å². The van der Waals surface area contributed by atoms with Gasteiger partial charge in [-0.2, -0.15) is 0 Å². The molecule has 0 aromatic heterocycles. The van der Waals surface area contributed by atoms with Crippen molar-refractivity contribution in [1.82, 2.24) is 20.9 Å². The third kappa shape index (κ3) is 12.1. The zero-order chi connectivity index (χ0) is 24.3. The summed E-state index contributed by atoms with van der Waals surface area (Å²) in [6.07, 6.45) is 0.368. The molecule has 1 aromatic carbocycles. The lowest BCUT2D eigenvalue weighted by Crippen LogP contribution is -2.45. The highest BCUT2D eigenvalue weighted by Crippen LogP contribution is 2.11. The third-order valence-electron chi connectivity index (χ3n) is 4.86. The minimum atomic E-state index is -0.521. The second-order valence-corrected chi connectivity index (χ2v) is 9.16. The first kappa shape index (κ1) is 31.0. The Morgan fingerprint density at radius 2 is 1.73 bits per heavy atom. The molecule has 9 heteroatoms. The monoisotopic (exact) mass is 575 g/mol. The van der Waals surface area contributed by atoms with E-state index in [1.807, 2.05) is 63.9 Å². The van der Waals surface area contributed by atoms with Crippen molar-refractivity contribution >= 4 is 41.9 Å². The number of carbonyl (C=O) groups is 2. The number of rotatable bonds is 9. The van der Waals surface area contributed by atoms with Crippen molar-refractivity contribution in [3.63, 3.8) is 0 Å². The van der Waals surface area contributed by atoms with E-state index in [0.717, 1.165) is 17.9 Å². The largest absolute Gasteiger partial charge is 0.444 e. The fourth-order valence-electron chi connectivity index (χ4n) is 3.07. The van der Waals surface area contributed by atoms with Crippen molar-refractivity contribution in [3.8, 4) is 0 Å². The number of hydrogen-bond acceptors (Lipinski definition) is 4. The van der Waals surface area contributed by atoms with E-state index in [1.165, 1.54) is 0 Å². The maximum absolute atomic E-state index is 12.2. The van der Waals surface area contributed by atoms with Gasteiger partial charge in [0.05, 0.1) is 0 Å². The van der Waals surface area contributed by atoms with Crippen LogP contribution in [0.4, 0.5) is 4.79 Å². The first-order chi connectivity index (χ1) is 15.0. The van der Waals surface area contributed by atoms with E-state index < -0.39 is 11.7 Å². The first-order valence-corrected chi connectivity index (χ1v) is 11.2. The smallest absolute Gasteiger partial charge is 0.407 e. The van der Waals surface area contributed by atoms with Crippen LogP contribution in [-0.4, -0.2) is 61.7 Å². The number of alkyl carbamates (subject to hydrolysis) is 1. The van der Waals surface area contributed by atoms with Gasteiger partial charge >= 0.3 is 6.09 Å². The topological polar surface area (TPSA) is 95.1 Å². The fourth-order valence-corrected chi connectivity index (χ4v) is 3.07. The van der Waals surface area contributed by atoms with Crippen LogP contribution >= 0.6 is 24.0 Å². The first-order valence-electron chi connectivity index (χ1n) is 11.2. The Labute approximate surface area is 216 Å². The predicted molar refractivity (Wildman–Crippen MR) is 145 cm³/mol. The molecule has 0 aliphatic rings. The molecule has 0 spiro atoms. The van der Waals surface area contributed by atoms with Gasteiger partial charge in [-0.05, 0) is 57.7 Å². The average Bonchev–Trinajstić information content (AvgIpc) is 2.70. The normalized spacial score (nSPS) is 12.5. The lowest BCUT2D eigenvalue weighted by atomic mass is 10.0. The minimum Gasteiger partial charge on any atom is -0.444 e. The van der Waals surface area contributed by atoms with Crippen molar-refractivity contribution in [2.45, 2.75) is 66.2 Å². The lowest BCUT2D eigenvalue weighted by molar-refractivity contribution is 0.0485. The molecule has 0 saturated carbocycles. The molecule has 3 N–H and O–H groups in total. The predicted octanol–water partition coefficient (Wildman–Crippen LogP) is 4.00. The molecule has 0 fully saturated rings. The van der Waals surface area contributed by atoms with E-state index in [-0.39, 0.29) is 41.8 Å². The molecule has 0 heterocycles. The van der Waals surface area contributed by atoms with Crippen molar-refractivity contribution in [1.29, 1.82) is 0 Å². The number of nitrogens with zero attached hydrogens (tertiary/aromatic N) is 2. The summed E-state index contributed by atoms with van der Waals surface area (Å²) in [5, 5.41) is 9.13. The lowest BCUT2D eigenvalue weighted by Gasteiger charge is -2.28. The standard InChI is InChI=1S/C24H41N5O3.HI/c1-9-26-21(30)19-12-10-18(11-13-19)16-27-22(25-7)29(8)15-14-20(17(2)3)28-23(31)32-24(4,5)6;/h10-13,17,20H,9,14-16H2,1-8H3,(H,25,27)(H,26,30)(H,28,31);1H. The Bertz CT molecular complexity index is 760. The molecule has 1 rings (SSSR count). The summed E-state index contributed by atoms with van der Waals surface area (Å²) in [5.74, 6) is 0.967. The number of halogens is 1. The number of guanidine groups is 1. The third-order valence-corrected chi connectivity index (χ3v) is 4.86. The van der Waals surface area contributed by atoms with Gasteiger partial charge in [0.2, 0.25) is 0 Å². The van der Waals surface area contributed by atoms with Crippen LogP contribution in [0.3, 0.4) is 0 Å². The molecular weight excluding hydrogens is 533 g/mol. The highest BCUT2D eigenvalue weighted by Gasteiger charge is 2.22. The molecule has 1 aromatic rings. The van der Waals surface area contributed by atoms with Gasteiger partial charge in [0.15, 0.2) is 5.96 Å². The zero-order valence-electron chi connectivity index (χ0n) is 21.3. The maximum Gasteiger partial charge on any atom is 0.407 e. The number of aliphatic imine (C=N–C) groups is 1. The Kier molecular flexibility index (Phi) is 14.1. The second kappa shape index (κ2) is 15.0. The molecule has 0 aliphatic carbocycles. The van der Waals surface area contributed by atoms with Gasteiger partial charge in [0.1, 0.15) is 5.60 Å². The van der Waals surface area contributed by atoms with Gasteiger partial charge in [-0.1, -0.05) is 26.0 Å². The number of benzene rings is 1. The Morgan fingerprint density at radius 1 is 1.12 bits per heavy atom. The van der Waals surface area contributed by atoms with Crippen LogP contribution in [0, 0.1) is 5.92 Å². The molecule has 188 valence electrons. The van der Waals surface area contributed by atoms with Crippen LogP contribution in [0.25, 0.3) is 0 Å². The molecule has 0 bridgehead atoms. The summed E-state index contributed by atoms with van der Waals surface area (Å²) < 4.78 is 5.39. The second-order valence-electron chi connectivity index (χ2n) is 9.16. The molecule has 0 radical (unpaired) electrons. The Hall–Kier alpha value is -2.04. The number of ether oxygens (including phenoxy) is 1. The molecule has 1 atom stereocenters. The summed E-state index contributed by atoms with van der Waals surface area (Å²) in [4.78, 5) is 30.4. The molecular formula is C24H42IN5O3. The van der Waals surface area contributed by atoms with E-state index in [4.69, 9.17) is 4.74 Å². The van der Waals surface area contributed by atoms with E-state index in [2.05, 4.69) is 34.8 Å². The number of amides is 2. The molecule has 33 heavy (non-hydrogen) atoms. The molecule has 8 nitrogen and oxygen atoms in total. The van der Waals surface area contributed by atoms with Crippen molar-refractivity contribution in [2.24, 2.45) is 10.9 Å². The van der Waals surface area contributed by atoms with E-state index in [1.54, 1.807) is 7.05 Å². The molecule has 2 amide bonds. The zero-order valence-corrected chi connectivity index (χ0v) is 23.7. The van der Waals surface area contributed by atoms with Gasteiger partial charge in [0, 0.05) is 45.3 Å². The summed E-state index contributed by atoms with van der Waals surface area (Å²) in [6.45, 7) is 13.5. The minimum absolute atomic E-state index is 0. The number of carbonyl (C=O) groups excluding carboxylic acids is 2. The van der Waals surface area contributed by atoms with Crippen molar-refractivity contribution in [3.05, 3.63) is 35.4 Å². The molecule has 0 saturated heterocycles. The quantitative estimate of drug-likeness (QED) is 0.235. The van der Waals surface area contributed by atoms with Gasteiger partial charge in [0.25, 0.3) is 5.91 Å². The Balaban J connectivity index is 0.0000102. The average molecular weight is 576 g/mol. The number of hydrogen-bond donors (Lipinski definition) is 3. The maximum atomic E-state index is 12.2. The highest BCUT2D eigenvalue weighted by atomic mass is 127. The van der Waals surface area contributed by atoms with E-state index in [9.17, 15) is 9.59 Å². The van der Waals surface area contributed by atoms with Gasteiger partial charge in [-0.25, -0.2) is 4.79 Å². The van der Waals surface area contributed by atoms with Crippen LogP contribution in [0.15, 0.2) is 29.3 Å². The van der Waals surface area contributed by atoms with Crippen molar-refractivity contribution in [2.75, 3.05) is 27.2 Å². The van der Waals surface area contributed by atoms with Crippen LogP contribution in [0.5, 0.6) is 0 Å². The van der Waals surface area contributed by atoms with E-state index >= 15 is 0 Å². The Morgan fingerprint density at radius 3 is 2.21 bits per heavy atom. The number of nitrogens with one attached hydrogen (secondary N) is 3. The van der Waals surface area contributed by atoms with Gasteiger partial charge < -0.3 is 25.6 Å². The van der Waals surface area contributed by atoms with Gasteiger partial charge in [-0.15, -0.1) is 24.0 Å². The fraction of sp³-hybridized carbons (Fsp3) is 0.625. The molecule has 0 aliphatic heterocycles. The van der Waals surface area contributed by atoms with Crippen molar-refractivity contribution < 1.29 is 14.3 Å². The molecule has 1 unspecified atom stereocenters. The summed E-state index contributed by atoms with van der Waals surface area (Å²) in [6, 6.07) is 7.51. The van der Waals surface area contributed by atoms with Crippen LogP contribution in [-0.2, 0) is 11.3 Å². The SMILES string of the molecule is CCNC(=O)c1ccc(CNC(=NC)N(C)CCC(NC(=O)OC(C)(C)C)C(C)C)cc1.I. The van der Waals surface area contributed by atoms with Crippen LogP contribution in [0.1, 0.15) is 63.9 Å². The van der Waals surface area contributed by atoms with Gasteiger partial charge in [-0.3, -0.25) is 9.79 Å². The summed E-state index contributed by atoms with van der Waals surface area (Å²) >= 11 is 0.